The highest BCUT2D eigenvalue weighted by molar-refractivity contribution is 8.14. The lowest BCUT2D eigenvalue weighted by Gasteiger charge is -2.17. The molecule has 2 aromatic carbocycles. The summed E-state index contributed by atoms with van der Waals surface area (Å²) in [5.41, 5.74) is 3.41. The van der Waals surface area contributed by atoms with Gasteiger partial charge in [-0.1, -0.05) is 43.6 Å². The number of nitrogens with zero attached hydrogens (tertiary/aromatic N) is 4. The molecule has 136 valence electrons. The van der Waals surface area contributed by atoms with Gasteiger partial charge in [-0.25, -0.2) is 13.2 Å². The Morgan fingerprint density at radius 1 is 1.00 bits per heavy atom. The summed E-state index contributed by atoms with van der Waals surface area (Å²) >= 11 is 6.69. The largest absolute Gasteiger partial charge is 0.218 e. The molecule has 0 aliphatic carbocycles. The van der Waals surface area contributed by atoms with Crippen LogP contribution in [0.3, 0.4) is 0 Å². The first-order chi connectivity index (χ1) is 12.4. The van der Waals surface area contributed by atoms with Gasteiger partial charge in [-0.2, -0.15) is 8.75 Å². The Morgan fingerprint density at radius 3 is 2.35 bits per heavy atom. The van der Waals surface area contributed by atoms with Crippen LogP contribution < -0.4 is 10.7 Å². The van der Waals surface area contributed by atoms with Gasteiger partial charge in [-0.15, -0.1) is 0 Å². The molecule has 0 saturated heterocycles. The second kappa shape index (κ2) is 6.87. The maximum absolute atomic E-state index is 14.2. The third-order valence-electron chi connectivity index (χ3n) is 4.50. The quantitative estimate of drug-likeness (QED) is 0.646. The van der Waals surface area contributed by atoms with E-state index in [4.69, 9.17) is 16.0 Å². The van der Waals surface area contributed by atoms with E-state index >= 15 is 0 Å². The number of fused-ring (bicyclic) bond motifs is 2. The first kappa shape index (κ1) is 17.8. The molecule has 8 heteroatoms. The van der Waals surface area contributed by atoms with Crippen LogP contribution in [-0.4, -0.2) is 14.5 Å². The standard InChI is InChI=1S/C18H18ClFN4S2/c1-9(2)11-4-17-18(7-14(11)20)24-26(23-17)8-10(3)12-5-15-16(6-13(12)19)22-25-21-15/h4-7,9-10,26H,8H2,1-3H3. The van der Waals surface area contributed by atoms with Crippen molar-refractivity contribution in [1.82, 2.24) is 8.75 Å². The summed E-state index contributed by atoms with van der Waals surface area (Å²) in [5, 5.41) is 2.16. The van der Waals surface area contributed by atoms with Gasteiger partial charge < -0.3 is 0 Å². The molecule has 26 heavy (non-hydrogen) atoms. The molecule has 1 aliphatic heterocycles. The van der Waals surface area contributed by atoms with Crippen molar-refractivity contribution in [1.29, 1.82) is 0 Å². The van der Waals surface area contributed by atoms with Crippen molar-refractivity contribution >= 4 is 45.6 Å². The monoisotopic (exact) mass is 408 g/mol. The molecular formula is C18H18ClFN4S2. The van der Waals surface area contributed by atoms with Crippen LogP contribution in [0, 0.1) is 5.82 Å². The number of halogens is 2. The molecule has 1 aromatic heterocycles. The number of hydrogen-bond donors (Lipinski definition) is 1. The summed E-state index contributed by atoms with van der Waals surface area (Å²) in [6, 6.07) is 7.22. The summed E-state index contributed by atoms with van der Waals surface area (Å²) in [7, 11) is 0. The molecule has 0 saturated carbocycles. The average molecular weight is 409 g/mol. The fraction of sp³-hybridized carbons (Fsp3) is 0.333. The molecule has 1 aliphatic rings. The number of benzene rings is 2. The first-order valence-corrected chi connectivity index (χ1v) is 10.9. The van der Waals surface area contributed by atoms with Crippen LogP contribution in [-0.2, 0) is 0 Å². The lowest BCUT2D eigenvalue weighted by Crippen LogP contribution is -2.23. The molecule has 0 amide bonds. The van der Waals surface area contributed by atoms with Crippen molar-refractivity contribution in [3.05, 3.63) is 56.9 Å². The molecule has 0 fully saturated rings. The van der Waals surface area contributed by atoms with Gasteiger partial charge in [0.1, 0.15) is 22.2 Å². The lowest BCUT2D eigenvalue weighted by atomic mass is 10.0. The summed E-state index contributed by atoms with van der Waals surface area (Å²) in [6.45, 7) is 6.07. The third-order valence-corrected chi connectivity index (χ3v) is 7.15. The van der Waals surface area contributed by atoms with Crippen molar-refractivity contribution in [3.8, 4) is 0 Å². The summed E-state index contributed by atoms with van der Waals surface area (Å²) in [6.07, 6.45) is 0. The molecular weight excluding hydrogens is 391 g/mol. The van der Waals surface area contributed by atoms with Gasteiger partial charge in [-0.05, 0) is 41.2 Å². The highest BCUT2D eigenvalue weighted by Gasteiger charge is 2.18. The molecule has 4 nitrogen and oxygen atoms in total. The fourth-order valence-electron chi connectivity index (χ4n) is 3.07. The molecule has 0 radical (unpaired) electrons. The van der Waals surface area contributed by atoms with Crippen molar-refractivity contribution < 1.29 is 4.39 Å². The van der Waals surface area contributed by atoms with Gasteiger partial charge >= 0.3 is 0 Å². The van der Waals surface area contributed by atoms with E-state index in [1.54, 1.807) is 0 Å². The lowest BCUT2D eigenvalue weighted by molar-refractivity contribution is 0.595. The van der Waals surface area contributed by atoms with Crippen LogP contribution >= 0.6 is 34.6 Å². The predicted octanol–water partition coefficient (Wildman–Crippen LogP) is 4.49. The summed E-state index contributed by atoms with van der Waals surface area (Å²) < 4.78 is 32.1. The van der Waals surface area contributed by atoms with Gasteiger partial charge in [0, 0.05) is 16.8 Å². The maximum atomic E-state index is 14.2. The zero-order valence-electron chi connectivity index (χ0n) is 14.6. The normalized spacial score (nSPS) is 18.6. The van der Waals surface area contributed by atoms with Gasteiger partial charge in [0.15, 0.2) is 0 Å². The molecule has 3 aromatic rings. The van der Waals surface area contributed by atoms with E-state index in [0.717, 1.165) is 27.7 Å². The van der Waals surface area contributed by atoms with Crippen molar-refractivity contribution in [2.75, 3.05) is 5.75 Å². The summed E-state index contributed by atoms with van der Waals surface area (Å²) in [4.78, 5) is 0. The van der Waals surface area contributed by atoms with E-state index in [9.17, 15) is 4.39 Å². The van der Waals surface area contributed by atoms with E-state index in [1.165, 1.54) is 17.8 Å². The Morgan fingerprint density at radius 2 is 1.65 bits per heavy atom. The summed E-state index contributed by atoms with van der Waals surface area (Å²) in [5.74, 6) is 0.868. The fourth-order valence-corrected chi connectivity index (χ4v) is 5.63. The molecule has 0 spiro atoms. The van der Waals surface area contributed by atoms with E-state index < -0.39 is 11.3 Å². The Kier molecular flexibility index (Phi) is 4.71. The van der Waals surface area contributed by atoms with E-state index in [1.807, 2.05) is 32.0 Å². The third kappa shape index (κ3) is 3.23. The number of hydrogen-bond acceptors (Lipinski definition) is 5. The molecule has 2 heterocycles. The highest BCUT2D eigenvalue weighted by Crippen LogP contribution is 2.38. The SMILES string of the molecule is CC(C)c1cc2c(cc1F)=N[SH](CC(C)c1cc3nsnc3cc1Cl)N=2. The molecule has 0 bridgehead atoms. The van der Waals surface area contributed by atoms with Crippen LogP contribution in [0.2, 0.25) is 5.02 Å². The van der Waals surface area contributed by atoms with Crippen LogP contribution in [0.5, 0.6) is 0 Å². The Hall–Kier alpha value is -1.57. The van der Waals surface area contributed by atoms with Crippen LogP contribution in [0.4, 0.5) is 4.39 Å². The van der Waals surface area contributed by atoms with Crippen LogP contribution in [0.25, 0.3) is 11.0 Å². The Labute approximate surface area is 162 Å². The smallest absolute Gasteiger partial charge is 0.128 e. The predicted molar refractivity (Wildman–Crippen MR) is 107 cm³/mol. The minimum Gasteiger partial charge on any atom is -0.218 e. The molecule has 2 unspecified atom stereocenters. The second-order valence-electron chi connectivity index (χ2n) is 6.80. The topological polar surface area (TPSA) is 50.5 Å². The van der Waals surface area contributed by atoms with Gasteiger partial charge in [-0.3, -0.25) is 0 Å². The zero-order valence-corrected chi connectivity index (χ0v) is 17.0. The first-order valence-electron chi connectivity index (χ1n) is 8.38. The minimum absolute atomic E-state index is 0.124. The van der Waals surface area contributed by atoms with E-state index in [0.29, 0.717) is 15.9 Å². The van der Waals surface area contributed by atoms with Gasteiger partial charge in [0.25, 0.3) is 0 Å². The van der Waals surface area contributed by atoms with Gasteiger partial charge in [0.2, 0.25) is 0 Å². The Bertz CT molecular complexity index is 1110. The van der Waals surface area contributed by atoms with Crippen molar-refractivity contribution in [2.24, 2.45) is 8.80 Å². The molecule has 4 rings (SSSR count). The van der Waals surface area contributed by atoms with E-state index in [2.05, 4.69) is 20.1 Å². The Balaban J connectivity index is 1.62. The van der Waals surface area contributed by atoms with Gasteiger partial charge in [0.05, 0.1) is 17.1 Å². The van der Waals surface area contributed by atoms with Crippen LogP contribution in [0.1, 0.15) is 43.7 Å². The second-order valence-corrected chi connectivity index (χ2v) is 9.25. The highest BCUT2D eigenvalue weighted by atomic mass is 35.5. The molecule has 2 atom stereocenters. The van der Waals surface area contributed by atoms with E-state index in [-0.39, 0.29) is 17.7 Å². The van der Waals surface area contributed by atoms with Crippen molar-refractivity contribution in [2.45, 2.75) is 32.6 Å². The molecule has 0 N–H and O–H groups in total. The minimum atomic E-state index is -0.932. The number of rotatable bonds is 4. The van der Waals surface area contributed by atoms with Crippen LogP contribution in [0.15, 0.2) is 33.1 Å². The number of thiol groups is 1. The van der Waals surface area contributed by atoms with Crippen molar-refractivity contribution in [3.63, 3.8) is 0 Å². The zero-order chi connectivity index (χ0) is 18.4. The number of aromatic nitrogens is 2. The average Bonchev–Trinajstić information content (AvgIpc) is 3.18. The maximum Gasteiger partial charge on any atom is 0.128 e.